The quantitative estimate of drug-likeness (QED) is 0.841. The SMILES string of the molecule is CN1CCO[C@H]2CCN(C(=O)Nc3cc(C(C)(C)C)nn3-c3ccccn3)C[C@@H]21. The van der Waals surface area contributed by atoms with Gasteiger partial charge in [0.25, 0.3) is 0 Å². The number of carbonyl (C=O) groups is 1. The molecule has 2 aromatic rings. The Labute approximate surface area is 171 Å². The summed E-state index contributed by atoms with van der Waals surface area (Å²) in [5, 5.41) is 7.79. The summed E-state index contributed by atoms with van der Waals surface area (Å²) >= 11 is 0. The van der Waals surface area contributed by atoms with Crippen molar-refractivity contribution in [2.24, 2.45) is 0 Å². The molecule has 0 bridgehead atoms. The van der Waals surface area contributed by atoms with Gasteiger partial charge in [0.2, 0.25) is 0 Å². The van der Waals surface area contributed by atoms with Crippen LogP contribution in [0.3, 0.4) is 0 Å². The zero-order valence-electron chi connectivity index (χ0n) is 17.6. The van der Waals surface area contributed by atoms with Crippen molar-refractivity contribution in [2.45, 2.75) is 44.8 Å². The first-order valence-electron chi connectivity index (χ1n) is 10.2. The maximum Gasteiger partial charge on any atom is 0.323 e. The van der Waals surface area contributed by atoms with Crippen LogP contribution in [0, 0.1) is 0 Å². The van der Waals surface area contributed by atoms with Gasteiger partial charge in [0.05, 0.1) is 24.4 Å². The van der Waals surface area contributed by atoms with E-state index in [4.69, 9.17) is 9.84 Å². The number of carbonyl (C=O) groups excluding carboxylic acids is 1. The number of piperidine rings is 1. The smallest absolute Gasteiger partial charge is 0.323 e. The van der Waals surface area contributed by atoms with Crippen molar-refractivity contribution in [1.29, 1.82) is 0 Å². The zero-order valence-corrected chi connectivity index (χ0v) is 17.6. The highest BCUT2D eigenvalue weighted by molar-refractivity contribution is 5.89. The molecule has 2 saturated heterocycles. The van der Waals surface area contributed by atoms with Crippen LogP contribution in [0.5, 0.6) is 0 Å². The molecule has 2 amide bonds. The molecule has 4 rings (SSSR count). The minimum atomic E-state index is -0.139. The molecular formula is C21H30N6O2. The second kappa shape index (κ2) is 7.76. The molecule has 0 aromatic carbocycles. The Morgan fingerprint density at radius 2 is 2.10 bits per heavy atom. The number of hydrogen-bond acceptors (Lipinski definition) is 5. The molecule has 2 aliphatic rings. The predicted molar refractivity (Wildman–Crippen MR) is 111 cm³/mol. The molecule has 156 valence electrons. The average Bonchev–Trinajstić information content (AvgIpc) is 3.13. The standard InChI is InChI=1S/C21H30N6O2/c1-21(2,3)17-13-19(27(24-17)18-7-5-6-9-22-18)23-20(28)26-10-8-16-15(14-26)25(4)11-12-29-16/h5-7,9,13,15-16H,8,10-12,14H2,1-4H3,(H,23,28)/t15-,16-/m0/s1. The van der Waals surface area contributed by atoms with Crippen molar-refractivity contribution < 1.29 is 9.53 Å². The molecular weight excluding hydrogens is 368 g/mol. The van der Waals surface area contributed by atoms with Crippen molar-refractivity contribution in [3.05, 3.63) is 36.2 Å². The summed E-state index contributed by atoms with van der Waals surface area (Å²) in [4.78, 5) is 21.7. The lowest BCUT2D eigenvalue weighted by Gasteiger charge is -2.45. The Balaban J connectivity index is 1.55. The van der Waals surface area contributed by atoms with Crippen LogP contribution >= 0.6 is 0 Å². The third-order valence-corrected chi connectivity index (χ3v) is 5.73. The molecule has 2 fully saturated rings. The molecule has 0 spiro atoms. The minimum Gasteiger partial charge on any atom is -0.375 e. The number of likely N-dealkylation sites (tertiary alicyclic amines) is 1. The summed E-state index contributed by atoms with van der Waals surface area (Å²) in [6.45, 7) is 9.33. The summed E-state index contributed by atoms with van der Waals surface area (Å²) in [5.74, 6) is 1.31. The van der Waals surface area contributed by atoms with Crippen LogP contribution in [0.2, 0.25) is 0 Å². The largest absolute Gasteiger partial charge is 0.375 e. The fraction of sp³-hybridized carbons (Fsp3) is 0.571. The lowest BCUT2D eigenvalue weighted by molar-refractivity contribution is -0.0875. The molecule has 0 unspecified atom stereocenters. The number of amides is 2. The van der Waals surface area contributed by atoms with Gasteiger partial charge in [-0.15, -0.1) is 0 Å². The number of likely N-dealkylation sites (N-methyl/N-ethyl adjacent to an activating group) is 1. The van der Waals surface area contributed by atoms with E-state index in [0.29, 0.717) is 24.7 Å². The molecule has 8 nitrogen and oxygen atoms in total. The normalized spacial score (nSPS) is 23.0. The maximum absolute atomic E-state index is 13.1. The Hall–Kier alpha value is -2.45. The monoisotopic (exact) mass is 398 g/mol. The maximum atomic E-state index is 13.1. The Morgan fingerprint density at radius 1 is 1.28 bits per heavy atom. The summed E-state index contributed by atoms with van der Waals surface area (Å²) in [7, 11) is 2.10. The summed E-state index contributed by atoms with van der Waals surface area (Å²) < 4.78 is 7.60. The molecule has 2 atom stereocenters. The van der Waals surface area contributed by atoms with Gasteiger partial charge in [-0.1, -0.05) is 26.8 Å². The van der Waals surface area contributed by atoms with Crippen LogP contribution in [-0.4, -0.2) is 76.0 Å². The first-order chi connectivity index (χ1) is 13.8. The minimum absolute atomic E-state index is 0.111. The number of ether oxygens (including phenoxy) is 1. The van der Waals surface area contributed by atoms with E-state index in [1.54, 1.807) is 10.9 Å². The van der Waals surface area contributed by atoms with Gasteiger partial charge in [-0.3, -0.25) is 10.2 Å². The fourth-order valence-corrected chi connectivity index (χ4v) is 3.91. The number of pyridine rings is 1. The van der Waals surface area contributed by atoms with Gasteiger partial charge < -0.3 is 9.64 Å². The molecule has 29 heavy (non-hydrogen) atoms. The van der Waals surface area contributed by atoms with E-state index < -0.39 is 0 Å². The fourth-order valence-electron chi connectivity index (χ4n) is 3.91. The number of morpholine rings is 1. The Bertz CT molecular complexity index is 860. The van der Waals surface area contributed by atoms with Gasteiger partial charge in [0.15, 0.2) is 5.82 Å². The number of anilines is 1. The van der Waals surface area contributed by atoms with E-state index >= 15 is 0 Å². The van der Waals surface area contributed by atoms with Gasteiger partial charge >= 0.3 is 6.03 Å². The third-order valence-electron chi connectivity index (χ3n) is 5.73. The van der Waals surface area contributed by atoms with Gasteiger partial charge in [-0.25, -0.2) is 9.78 Å². The molecule has 8 heteroatoms. The number of rotatable bonds is 2. The predicted octanol–water partition coefficient (Wildman–Crippen LogP) is 2.50. The second-order valence-electron chi connectivity index (χ2n) is 8.89. The van der Waals surface area contributed by atoms with Crippen LogP contribution < -0.4 is 5.32 Å². The Kier molecular flexibility index (Phi) is 5.31. The van der Waals surface area contributed by atoms with Gasteiger partial charge in [0.1, 0.15) is 5.82 Å². The lowest BCUT2D eigenvalue weighted by atomic mass is 9.92. The molecule has 4 heterocycles. The number of urea groups is 1. The highest BCUT2D eigenvalue weighted by atomic mass is 16.5. The summed E-state index contributed by atoms with van der Waals surface area (Å²) in [6, 6.07) is 7.73. The first-order valence-corrected chi connectivity index (χ1v) is 10.2. The van der Waals surface area contributed by atoms with Crippen LogP contribution in [0.4, 0.5) is 10.6 Å². The van der Waals surface area contributed by atoms with Crippen molar-refractivity contribution >= 4 is 11.8 Å². The zero-order chi connectivity index (χ0) is 20.6. The number of nitrogens with zero attached hydrogens (tertiary/aromatic N) is 5. The topological polar surface area (TPSA) is 75.5 Å². The van der Waals surface area contributed by atoms with E-state index in [0.717, 1.165) is 25.3 Å². The van der Waals surface area contributed by atoms with Crippen LogP contribution in [0.1, 0.15) is 32.9 Å². The van der Waals surface area contributed by atoms with Crippen LogP contribution in [0.25, 0.3) is 5.82 Å². The molecule has 0 radical (unpaired) electrons. The third kappa shape index (κ3) is 4.13. The van der Waals surface area contributed by atoms with E-state index in [-0.39, 0.29) is 23.6 Å². The molecule has 2 aromatic heterocycles. The van der Waals surface area contributed by atoms with E-state index in [9.17, 15) is 4.79 Å². The number of fused-ring (bicyclic) bond motifs is 1. The molecule has 2 aliphatic heterocycles. The lowest BCUT2D eigenvalue weighted by Crippen LogP contribution is -2.60. The van der Waals surface area contributed by atoms with Gasteiger partial charge in [-0.05, 0) is 25.6 Å². The summed E-state index contributed by atoms with van der Waals surface area (Å²) in [6.07, 6.45) is 2.79. The van der Waals surface area contributed by atoms with E-state index in [1.165, 1.54) is 0 Å². The molecule has 0 aliphatic carbocycles. The second-order valence-corrected chi connectivity index (χ2v) is 8.89. The molecule has 1 N–H and O–H groups in total. The summed E-state index contributed by atoms with van der Waals surface area (Å²) in [5.41, 5.74) is 0.762. The van der Waals surface area contributed by atoms with Crippen molar-refractivity contribution in [1.82, 2.24) is 24.6 Å². The van der Waals surface area contributed by atoms with Crippen molar-refractivity contribution in [2.75, 3.05) is 38.6 Å². The van der Waals surface area contributed by atoms with Gasteiger partial charge in [0, 0.05) is 37.3 Å². The average molecular weight is 399 g/mol. The molecule has 0 saturated carbocycles. The van der Waals surface area contributed by atoms with Gasteiger partial charge in [-0.2, -0.15) is 9.78 Å². The number of nitrogens with one attached hydrogen (secondary N) is 1. The first kappa shape index (κ1) is 19.8. The van der Waals surface area contributed by atoms with E-state index in [2.05, 4.69) is 43.0 Å². The number of aromatic nitrogens is 3. The highest BCUT2D eigenvalue weighted by Gasteiger charge is 2.37. The Morgan fingerprint density at radius 3 is 2.83 bits per heavy atom. The van der Waals surface area contributed by atoms with Crippen LogP contribution in [0.15, 0.2) is 30.5 Å². The van der Waals surface area contributed by atoms with Crippen LogP contribution in [-0.2, 0) is 10.2 Å². The van der Waals surface area contributed by atoms with Crippen molar-refractivity contribution in [3.8, 4) is 5.82 Å². The van der Waals surface area contributed by atoms with Crippen molar-refractivity contribution in [3.63, 3.8) is 0 Å². The highest BCUT2D eigenvalue weighted by Crippen LogP contribution is 2.27. The van der Waals surface area contributed by atoms with E-state index in [1.807, 2.05) is 29.2 Å². The number of hydrogen-bond donors (Lipinski definition) is 1.